The van der Waals surface area contributed by atoms with E-state index in [-0.39, 0.29) is 11.0 Å². The van der Waals surface area contributed by atoms with Crippen LogP contribution < -0.4 is 10.5 Å². The monoisotopic (exact) mass is 327 g/mol. The molecule has 1 aliphatic rings. The summed E-state index contributed by atoms with van der Waals surface area (Å²) in [6.07, 6.45) is 4.88. The Kier molecular flexibility index (Phi) is 4.33. The lowest BCUT2D eigenvalue weighted by Crippen LogP contribution is -2.31. The molecule has 0 aliphatic carbocycles. The van der Waals surface area contributed by atoms with Gasteiger partial charge in [-0.25, -0.2) is 4.98 Å². The van der Waals surface area contributed by atoms with Crippen LogP contribution in [-0.2, 0) is 5.41 Å². The SMILES string of the molecule is CC(C)(C)c1nc(N2CCCCCC2)[nH]c(=O)c1Br. The van der Waals surface area contributed by atoms with Gasteiger partial charge in [-0.2, -0.15) is 0 Å². The highest BCUT2D eigenvalue weighted by Gasteiger charge is 2.23. The zero-order valence-corrected chi connectivity index (χ0v) is 13.5. The van der Waals surface area contributed by atoms with E-state index in [0.717, 1.165) is 24.7 Å². The third-order valence-corrected chi connectivity index (χ3v) is 4.20. The van der Waals surface area contributed by atoms with Gasteiger partial charge in [0.15, 0.2) is 0 Å². The molecule has 1 N–H and O–H groups in total. The van der Waals surface area contributed by atoms with Crippen LogP contribution in [0.15, 0.2) is 9.27 Å². The second kappa shape index (κ2) is 5.65. The van der Waals surface area contributed by atoms with Crippen molar-refractivity contribution in [1.82, 2.24) is 9.97 Å². The fourth-order valence-electron chi connectivity index (χ4n) is 2.38. The normalized spacial score (nSPS) is 17.4. The Labute approximate surface area is 122 Å². The molecule has 0 atom stereocenters. The highest BCUT2D eigenvalue weighted by molar-refractivity contribution is 9.10. The third kappa shape index (κ3) is 3.38. The Morgan fingerprint density at radius 1 is 1.16 bits per heavy atom. The van der Waals surface area contributed by atoms with Gasteiger partial charge in [0.05, 0.1) is 5.69 Å². The van der Waals surface area contributed by atoms with Crippen molar-refractivity contribution >= 4 is 21.9 Å². The second-order valence-corrected chi connectivity index (χ2v) is 7.00. The topological polar surface area (TPSA) is 49.0 Å². The Balaban J connectivity index is 2.41. The Morgan fingerprint density at radius 2 is 1.74 bits per heavy atom. The number of hydrogen-bond acceptors (Lipinski definition) is 3. The molecule has 0 bridgehead atoms. The third-order valence-electron chi connectivity index (χ3n) is 3.47. The molecule has 1 fully saturated rings. The standard InChI is InChI=1S/C14H22BrN3O/c1-14(2,3)11-10(15)12(19)17-13(16-11)18-8-6-4-5-7-9-18/h4-9H2,1-3H3,(H,16,17,19). The van der Waals surface area contributed by atoms with E-state index in [1.54, 1.807) is 0 Å². The van der Waals surface area contributed by atoms with E-state index in [0.29, 0.717) is 4.47 Å². The summed E-state index contributed by atoms with van der Waals surface area (Å²) in [5, 5.41) is 0. The Bertz CT molecular complexity index is 496. The predicted molar refractivity (Wildman–Crippen MR) is 81.9 cm³/mol. The minimum atomic E-state index is -0.145. The molecule has 0 unspecified atom stereocenters. The molecular weight excluding hydrogens is 306 g/mol. The number of nitrogens with one attached hydrogen (secondary N) is 1. The highest BCUT2D eigenvalue weighted by atomic mass is 79.9. The molecule has 106 valence electrons. The average Bonchev–Trinajstić information content (AvgIpc) is 2.59. The molecular formula is C14H22BrN3O. The van der Waals surface area contributed by atoms with Crippen LogP contribution in [0.1, 0.15) is 52.1 Å². The summed E-state index contributed by atoms with van der Waals surface area (Å²) in [4.78, 5) is 21.9. The fraction of sp³-hybridized carbons (Fsp3) is 0.714. The molecule has 0 radical (unpaired) electrons. The lowest BCUT2D eigenvalue weighted by atomic mass is 9.92. The van der Waals surface area contributed by atoms with Crippen molar-refractivity contribution in [2.24, 2.45) is 0 Å². The van der Waals surface area contributed by atoms with Gasteiger partial charge in [-0.1, -0.05) is 33.6 Å². The van der Waals surface area contributed by atoms with Gasteiger partial charge in [-0.15, -0.1) is 0 Å². The molecule has 1 aromatic heterocycles. The average molecular weight is 328 g/mol. The fourth-order valence-corrected chi connectivity index (χ4v) is 3.16. The molecule has 1 aromatic rings. The number of H-pyrrole nitrogens is 1. The number of aromatic nitrogens is 2. The molecule has 0 saturated carbocycles. The first-order valence-corrected chi connectivity index (χ1v) is 7.74. The molecule has 2 rings (SSSR count). The van der Waals surface area contributed by atoms with Gasteiger partial charge in [0.1, 0.15) is 4.47 Å². The maximum absolute atomic E-state index is 12.1. The molecule has 1 saturated heterocycles. The van der Waals surface area contributed by atoms with Crippen molar-refractivity contribution in [3.05, 3.63) is 20.5 Å². The smallest absolute Gasteiger partial charge is 0.266 e. The van der Waals surface area contributed by atoms with Crippen LogP contribution in [0.25, 0.3) is 0 Å². The maximum Gasteiger partial charge on any atom is 0.266 e. The molecule has 2 heterocycles. The number of rotatable bonds is 1. The summed E-state index contributed by atoms with van der Waals surface area (Å²) in [7, 11) is 0. The summed E-state index contributed by atoms with van der Waals surface area (Å²) in [5.74, 6) is 0.722. The first-order chi connectivity index (χ1) is 8.89. The van der Waals surface area contributed by atoms with Crippen molar-refractivity contribution in [1.29, 1.82) is 0 Å². The van der Waals surface area contributed by atoms with Crippen LogP contribution in [-0.4, -0.2) is 23.1 Å². The van der Waals surface area contributed by atoms with E-state index in [4.69, 9.17) is 4.98 Å². The zero-order chi connectivity index (χ0) is 14.0. The van der Waals surface area contributed by atoms with Gasteiger partial charge in [-0.3, -0.25) is 9.78 Å². The van der Waals surface area contributed by atoms with Gasteiger partial charge in [-0.05, 0) is 28.8 Å². The van der Waals surface area contributed by atoms with Crippen LogP contribution in [0, 0.1) is 0 Å². The van der Waals surface area contributed by atoms with E-state index in [2.05, 4.69) is 46.6 Å². The number of hydrogen-bond donors (Lipinski definition) is 1. The van der Waals surface area contributed by atoms with E-state index in [1.165, 1.54) is 25.7 Å². The highest BCUT2D eigenvalue weighted by Crippen LogP contribution is 2.27. The lowest BCUT2D eigenvalue weighted by Gasteiger charge is -2.25. The molecule has 4 nitrogen and oxygen atoms in total. The van der Waals surface area contributed by atoms with Crippen LogP contribution in [0.5, 0.6) is 0 Å². The van der Waals surface area contributed by atoms with Gasteiger partial charge in [0.2, 0.25) is 5.95 Å². The first-order valence-electron chi connectivity index (χ1n) is 6.95. The van der Waals surface area contributed by atoms with E-state index in [9.17, 15) is 4.79 Å². The van der Waals surface area contributed by atoms with Gasteiger partial charge in [0.25, 0.3) is 5.56 Å². The molecule has 1 aliphatic heterocycles. The zero-order valence-electron chi connectivity index (χ0n) is 11.9. The van der Waals surface area contributed by atoms with Crippen LogP contribution in [0.4, 0.5) is 5.95 Å². The van der Waals surface area contributed by atoms with Crippen LogP contribution in [0.2, 0.25) is 0 Å². The Hall–Kier alpha value is -0.840. The molecule has 19 heavy (non-hydrogen) atoms. The summed E-state index contributed by atoms with van der Waals surface area (Å²) in [6, 6.07) is 0. The largest absolute Gasteiger partial charge is 0.342 e. The van der Waals surface area contributed by atoms with Crippen molar-refractivity contribution in [2.45, 2.75) is 51.9 Å². The predicted octanol–water partition coefficient (Wildman–Crippen LogP) is 3.21. The maximum atomic E-state index is 12.1. The van der Waals surface area contributed by atoms with Gasteiger partial charge >= 0.3 is 0 Å². The number of halogens is 1. The summed E-state index contributed by atoms with van der Waals surface area (Å²) < 4.78 is 0.554. The first kappa shape index (κ1) is 14.6. The minimum absolute atomic E-state index is 0.0841. The van der Waals surface area contributed by atoms with Crippen molar-refractivity contribution in [2.75, 3.05) is 18.0 Å². The van der Waals surface area contributed by atoms with Crippen molar-refractivity contribution in [3.63, 3.8) is 0 Å². The molecule has 0 amide bonds. The number of anilines is 1. The summed E-state index contributed by atoms with van der Waals surface area (Å²) >= 11 is 3.36. The Morgan fingerprint density at radius 3 is 2.26 bits per heavy atom. The van der Waals surface area contributed by atoms with Gasteiger partial charge in [0, 0.05) is 18.5 Å². The summed E-state index contributed by atoms with van der Waals surface area (Å²) in [5.41, 5.74) is 0.600. The van der Waals surface area contributed by atoms with Crippen LogP contribution in [0.3, 0.4) is 0 Å². The van der Waals surface area contributed by atoms with Crippen molar-refractivity contribution in [3.8, 4) is 0 Å². The van der Waals surface area contributed by atoms with E-state index in [1.807, 2.05) is 0 Å². The van der Waals surface area contributed by atoms with E-state index < -0.39 is 0 Å². The lowest BCUT2D eigenvalue weighted by molar-refractivity contribution is 0.559. The second-order valence-electron chi connectivity index (χ2n) is 6.20. The molecule has 5 heteroatoms. The molecule has 0 aromatic carbocycles. The molecule has 0 spiro atoms. The minimum Gasteiger partial charge on any atom is -0.342 e. The number of nitrogens with zero attached hydrogens (tertiary/aromatic N) is 2. The van der Waals surface area contributed by atoms with Crippen molar-refractivity contribution < 1.29 is 0 Å². The quantitative estimate of drug-likeness (QED) is 0.861. The van der Waals surface area contributed by atoms with Crippen LogP contribution >= 0.6 is 15.9 Å². The van der Waals surface area contributed by atoms with E-state index >= 15 is 0 Å². The number of aromatic amines is 1. The summed E-state index contributed by atoms with van der Waals surface area (Å²) in [6.45, 7) is 8.19. The van der Waals surface area contributed by atoms with Gasteiger partial charge < -0.3 is 4.90 Å².